The Bertz CT molecular complexity index is 749. The molecule has 0 saturated carbocycles. The van der Waals surface area contributed by atoms with E-state index in [2.05, 4.69) is 4.98 Å². The van der Waals surface area contributed by atoms with Crippen molar-refractivity contribution in [1.82, 2.24) is 4.98 Å². The second kappa shape index (κ2) is 5.88. The molecule has 0 aromatic carbocycles. The van der Waals surface area contributed by atoms with E-state index in [1.807, 2.05) is 10.8 Å². The van der Waals surface area contributed by atoms with Crippen LogP contribution in [0.3, 0.4) is 0 Å². The summed E-state index contributed by atoms with van der Waals surface area (Å²) in [6, 6.07) is 1.79. The third-order valence-electron chi connectivity index (χ3n) is 3.09. The standard InChI is InChI=1S/C13H12N2O5S/c1-7-9(5-11(16)17)10(4-8-2-3-21-6-8)12(15(19)20)13(18)14-7/h2-3,6H,4-5H2,1H3,(H,14,18)(H,16,17). The summed E-state index contributed by atoms with van der Waals surface area (Å²) in [4.78, 5) is 35.6. The van der Waals surface area contributed by atoms with Gasteiger partial charge in [-0.1, -0.05) is 0 Å². The maximum absolute atomic E-state index is 11.8. The van der Waals surface area contributed by atoms with Gasteiger partial charge in [0, 0.05) is 17.7 Å². The summed E-state index contributed by atoms with van der Waals surface area (Å²) in [6.07, 6.45) is -0.212. The molecule has 2 rings (SSSR count). The van der Waals surface area contributed by atoms with Crippen LogP contribution in [0.15, 0.2) is 21.6 Å². The summed E-state index contributed by atoms with van der Waals surface area (Å²) in [5.41, 5.74) is 0.222. The van der Waals surface area contributed by atoms with Gasteiger partial charge < -0.3 is 10.1 Å². The molecule has 2 aromatic rings. The van der Waals surface area contributed by atoms with E-state index in [-0.39, 0.29) is 18.4 Å². The maximum Gasteiger partial charge on any atom is 0.337 e. The van der Waals surface area contributed by atoms with Gasteiger partial charge in [0.05, 0.1) is 11.3 Å². The largest absolute Gasteiger partial charge is 0.481 e. The number of aromatic nitrogens is 1. The Morgan fingerprint density at radius 2 is 2.19 bits per heavy atom. The second-order valence-electron chi connectivity index (χ2n) is 4.52. The number of aromatic amines is 1. The van der Waals surface area contributed by atoms with Crippen LogP contribution in [0.4, 0.5) is 5.69 Å². The smallest absolute Gasteiger partial charge is 0.337 e. The lowest BCUT2D eigenvalue weighted by molar-refractivity contribution is -0.387. The number of carbonyl (C=O) groups is 1. The number of H-pyrrole nitrogens is 1. The molecule has 0 amide bonds. The molecule has 0 aliphatic carbocycles. The number of aliphatic carboxylic acids is 1. The quantitative estimate of drug-likeness (QED) is 0.646. The molecule has 0 unspecified atom stereocenters. The SMILES string of the molecule is Cc1[nH]c(=O)c([N+](=O)[O-])c(Cc2ccsc2)c1CC(=O)O. The summed E-state index contributed by atoms with van der Waals surface area (Å²) in [5, 5.41) is 23.8. The monoisotopic (exact) mass is 308 g/mol. The molecule has 2 N–H and O–H groups in total. The van der Waals surface area contributed by atoms with Gasteiger partial charge in [-0.3, -0.25) is 19.7 Å². The van der Waals surface area contributed by atoms with Gasteiger partial charge in [-0.25, -0.2) is 0 Å². The number of aryl methyl sites for hydroxylation is 1. The van der Waals surface area contributed by atoms with Gasteiger partial charge in [-0.05, 0) is 34.9 Å². The number of carboxylic acid groups (broad SMARTS) is 1. The van der Waals surface area contributed by atoms with Crippen LogP contribution in [0, 0.1) is 17.0 Å². The zero-order valence-corrected chi connectivity index (χ0v) is 11.9. The molecule has 2 heterocycles. The number of hydrogen-bond acceptors (Lipinski definition) is 5. The molecular formula is C13H12N2O5S. The average molecular weight is 308 g/mol. The van der Waals surface area contributed by atoms with Crippen molar-refractivity contribution in [2.75, 3.05) is 0 Å². The number of nitrogens with one attached hydrogen (secondary N) is 1. The molecule has 0 saturated heterocycles. The third kappa shape index (κ3) is 3.16. The normalized spacial score (nSPS) is 10.5. The molecule has 21 heavy (non-hydrogen) atoms. The number of rotatable bonds is 5. The van der Waals surface area contributed by atoms with Crippen molar-refractivity contribution in [3.05, 3.63) is 59.7 Å². The topological polar surface area (TPSA) is 113 Å². The van der Waals surface area contributed by atoms with Crippen LogP contribution >= 0.6 is 11.3 Å². The average Bonchev–Trinajstić information content (AvgIpc) is 2.85. The molecule has 0 bridgehead atoms. The van der Waals surface area contributed by atoms with Crippen LogP contribution in [0.5, 0.6) is 0 Å². The molecule has 8 heteroatoms. The number of carboxylic acids is 1. The minimum Gasteiger partial charge on any atom is -0.481 e. The minimum absolute atomic E-state index is 0.160. The highest BCUT2D eigenvalue weighted by Gasteiger charge is 2.25. The fourth-order valence-electron chi connectivity index (χ4n) is 2.18. The fourth-order valence-corrected chi connectivity index (χ4v) is 2.85. The molecular weight excluding hydrogens is 296 g/mol. The summed E-state index contributed by atoms with van der Waals surface area (Å²) >= 11 is 1.43. The van der Waals surface area contributed by atoms with Crippen molar-refractivity contribution >= 4 is 23.0 Å². The summed E-state index contributed by atoms with van der Waals surface area (Å²) in [6.45, 7) is 1.54. The Labute approximate surface area is 123 Å². The van der Waals surface area contributed by atoms with Crippen LogP contribution in [-0.4, -0.2) is 21.0 Å². The van der Waals surface area contributed by atoms with E-state index in [9.17, 15) is 19.7 Å². The van der Waals surface area contributed by atoms with Gasteiger partial charge in [0.1, 0.15) is 0 Å². The van der Waals surface area contributed by atoms with Crippen LogP contribution in [0.25, 0.3) is 0 Å². The summed E-state index contributed by atoms with van der Waals surface area (Å²) in [5.74, 6) is -1.11. The van der Waals surface area contributed by atoms with Gasteiger partial charge >= 0.3 is 17.2 Å². The molecule has 7 nitrogen and oxygen atoms in total. The third-order valence-corrected chi connectivity index (χ3v) is 3.82. The maximum atomic E-state index is 11.8. The van der Waals surface area contributed by atoms with Gasteiger partial charge in [0.15, 0.2) is 0 Å². The highest BCUT2D eigenvalue weighted by molar-refractivity contribution is 7.07. The van der Waals surface area contributed by atoms with Crippen LogP contribution in [0.2, 0.25) is 0 Å². The van der Waals surface area contributed by atoms with Crippen molar-refractivity contribution in [2.24, 2.45) is 0 Å². The van der Waals surface area contributed by atoms with E-state index in [1.165, 1.54) is 11.3 Å². The fraction of sp³-hybridized carbons (Fsp3) is 0.231. The van der Waals surface area contributed by atoms with Crippen molar-refractivity contribution < 1.29 is 14.8 Å². The zero-order chi connectivity index (χ0) is 15.6. The first-order valence-electron chi connectivity index (χ1n) is 6.02. The number of nitrogens with zero attached hydrogens (tertiary/aromatic N) is 1. The molecule has 0 spiro atoms. The van der Waals surface area contributed by atoms with E-state index in [0.29, 0.717) is 11.3 Å². The number of thiophene rings is 1. The Morgan fingerprint density at radius 1 is 1.48 bits per heavy atom. The first kappa shape index (κ1) is 14.9. The molecule has 0 aliphatic heterocycles. The van der Waals surface area contributed by atoms with Crippen molar-refractivity contribution in [3.8, 4) is 0 Å². The lowest BCUT2D eigenvalue weighted by atomic mass is 9.97. The molecule has 0 fully saturated rings. The summed E-state index contributed by atoms with van der Waals surface area (Å²) in [7, 11) is 0. The lowest BCUT2D eigenvalue weighted by Gasteiger charge is -2.10. The minimum atomic E-state index is -1.11. The van der Waals surface area contributed by atoms with Crippen LogP contribution in [0.1, 0.15) is 22.4 Å². The van der Waals surface area contributed by atoms with Gasteiger partial charge in [0.2, 0.25) is 0 Å². The second-order valence-corrected chi connectivity index (χ2v) is 5.30. The predicted molar refractivity (Wildman–Crippen MR) is 76.9 cm³/mol. The Kier molecular flexibility index (Phi) is 4.18. The van der Waals surface area contributed by atoms with E-state index < -0.39 is 22.1 Å². The Hall–Kier alpha value is -2.48. The van der Waals surface area contributed by atoms with E-state index in [1.54, 1.807) is 13.0 Å². The van der Waals surface area contributed by atoms with E-state index in [4.69, 9.17) is 5.11 Å². The van der Waals surface area contributed by atoms with E-state index >= 15 is 0 Å². The molecule has 2 aromatic heterocycles. The Balaban J connectivity index is 2.67. The first-order chi connectivity index (χ1) is 9.90. The van der Waals surface area contributed by atoms with Crippen molar-refractivity contribution in [2.45, 2.75) is 19.8 Å². The molecule has 0 radical (unpaired) electrons. The van der Waals surface area contributed by atoms with Gasteiger partial charge in [-0.15, -0.1) is 0 Å². The summed E-state index contributed by atoms with van der Waals surface area (Å²) < 4.78 is 0. The van der Waals surface area contributed by atoms with Crippen LogP contribution in [-0.2, 0) is 17.6 Å². The number of hydrogen-bond donors (Lipinski definition) is 2. The molecule has 0 atom stereocenters. The van der Waals surface area contributed by atoms with E-state index in [0.717, 1.165) is 5.56 Å². The first-order valence-corrected chi connectivity index (χ1v) is 6.96. The van der Waals surface area contributed by atoms with Gasteiger partial charge in [-0.2, -0.15) is 11.3 Å². The van der Waals surface area contributed by atoms with Gasteiger partial charge in [0.25, 0.3) is 0 Å². The number of nitro groups is 1. The molecule has 110 valence electrons. The Morgan fingerprint density at radius 3 is 2.71 bits per heavy atom. The predicted octanol–water partition coefficient (Wildman–Crippen LogP) is 1.87. The zero-order valence-electron chi connectivity index (χ0n) is 11.1. The van der Waals surface area contributed by atoms with Crippen molar-refractivity contribution in [1.29, 1.82) is 0 Å². The van der Waals surface area contributed by atoms with Crippen molar-refractivity contribution in [3.63, 3.8) is 0 Å². The lowest BCUT2D eigenvalue weighted by Crippen LogP contribution is -2.20. The van der Waals surface area contributed by atoms with Crippen LogP contribution < -0.4 is 5.56 Å². The highest BCUT2D eigenvalue weighted by Crippen LogP contribution is 2.25. The number of pyridine rings is 1. The molecule has 0 aliphatic rings. The highest BCUT2D eigenvalue weighted by atomic mass is 32.1.